The molecule has 0 radical (unpaired) electrons. The summed E-state index contributed by atoms with van der Waals surface area (Å²) in [5.41, 5.74) is 2.73. The van der Waals surface area contributed by atoms with Crippen LogP contribution in [0.1, 0.15) is 54.6 Å². The molecule has 1 aromatic carbocycles. The average molecular weight is 316 g/mol. The summed E-state index contributed by atoms with van der Waals surface area (Å²) in [5.74, 6) is -0.810. The molecule has 1 heterocycles. The molecule has 0 atom stereocenters. The highest BCUT2D eigenvalue weighted by Gasteiger charge is 2.08. The number of fused-ring (bicyclic) bond motifs is 1. The van der Waals surface area contributed by atoms with Gasteiger partial charge in [0.1, 0.15) is 5.69 Å². The number of aliphatic carboxylic acids is 1. The summed E-state index contributed by atoms with van der Waals surface area (Å²) in [6.45, 7) is 2.67. The van der Waals surface area contributed by atoms with Crippen LogP contribution in [-0.4, -0.2) is 28.5 Å². The van der Waals surface area contributed by atoms with Crippen molar-refractivity contribution in [1.82, 2.24) is 10.3 Å². The van der Waals surface area contributed by atoms with E-state index in [-0.39, 0.29) is 12.3 Å². The molecule has 1 aromatic heterocycles. The summed E-state index contributed by atoms with van der Waals surface area (Å²) in [5, 5.41) is 12.5. The predicted molar refractivity (Wildman–Crippen MR) is 90.7 cm³/mol. The number of H-pyrrole nitrogens is 1. The first-order chi connectivity index (χ1) is 11.1. The van der Waals surface area contributed by atoms with Crippen LogP contribution in [0, 0.1) is 6.92 Å². The van der Waals surface area contributed by atoms with Gasteiger partial charge in [0.25, 0.3) is 5.91 Å². The van der Waals surface area contributed by atoms with Crippen LogP contribution in [0.15, 0.2) is 24.3 Å². The minimum atomic E-state index is -0.731. The maximum atomic E-state index is 12.1. The summed E-state index contributed by atoms with van der Waals surface area (Å²) in [6.07, 6.45) is 4.84. The first-order valence-electron chi connectivity index (χ1n) is 8.15. The highest BCUT2D eigenvalue weighted by atomic mass is 16.4. The van der Waals surface area contributed by atoms with E-state index in [9.17, 15) is 9.59 Å². The van der Waals surface area contributed by atoms with Crippen molar-refractivity contribution in [2.45, 2.75) is 45.4 Å². The minimum Gasteiger partial charge on any atom is -0.481 e. The Morgan fingerprint density at radius 1 is 1.09 bits per heavy atom. The van der Waals surface area contributed by atoms with Gasteiger partial charge in [-0.25, -0.2) is 0 Å². The molecule has 3 N–H and O–H groups in total. The second-order valence-electron chi connectivity index (χ2n) is 5.94. The molecule has 1 amide bonds. The number of aryl methyl sites for hydroxylation is 1. The molecule has 23 heavy (non-hydrogen) atoms. The smallest absolute Gasteiger partial charge is 0.303 e. The van der Waals surface area contributed by atoms with Gasteiger partial charge in [0, 0.05) is 23.9 Å². The molecule has 124 valence electrons. The zero-order valence-electron chi connectivity index (χ0n) is 13.5. The van der Waals surface area contributed by atoms with E-state index in [1.807, 2.05) is 31.2 Å². The number of nitrogens with one attached hydrogen (secondary N) is 2. The molecule has 0 aliphatic heterocycles. The number of hydrogen-bond donors (Lipinski definition) is 3. The predicted octanol–water partition coefficient (Wildman–Crippen LogP) is 3.63. The first kappa shape index (κ1) is 17.1. The zero-order chi connectivity index (χ0) is 16.7. The van der Waals surface area contributed by atoms with Crippen molar-refractivity contribution in [3.05, 3.63) is 35.5 Å². The minimum absolute atomic E-state index is 0.0790. The van der Waals surface area contributed by atoms with Gasteiger partial charge in [-0.1, -0.05) is 31.4 Å². The number of rotatable bonds is 9. The molecule has 0 aliphatic rings. The Bertz CT molecular complexity index is 676. The van der Waals surface area contributed by atoms with E-state index < -0.39 is 5.97 Å². The summed E-state index contributed by atoms with van der Waals surface area (Å²) < 4.78 is 0. The molecule has 5 nitrogen and oxygen atoms in total. The largest absolute Gasteiger partial charge is 0.481 e. The van der Waals surface area contributed by atoms with Gasteiger partial charge >= 0.3 is 5.97 Å². The Morgan fingerprint density at radius 2 is 1.83 bits per heavy atom. The fourth-order valence-electron chi connectivity index (χ4n) is 2.59. The first-order valence-corrected chi connectivity index (χ1v) is 8.15. The number of carboxylic acid groups (broad SMARTS) is 1. The van der Waals surface area contributed by atoms with E-state index in [0.717, 1.165) is 48.6 Å². The van der Waals surface area contributed by atoms with Crippen LogP contribution < -0.4 is 5.32 Å². The van der Waals surface area contributed by atoms with Gasteiger partial charge in [0.15, 0.2) is 0 Å². The van der Waals surface area contributed by atoms with Crippen molar-refractivity contribution in [2.24, 2.45) is 0 Å². The number of hydrogen-bond acceptors (Lipinski definition) is 2. The highest BCUT2D eigenvalue weighted by Crippen LogP contribution is 2.16. The number of carboxylic acids is 1. The third-order valence-corrected chi connectivity index (χ3v) is 3.88. The van der Waals surface area contributed by atoms with Gasteiger partial charge in [-0.05, 0) is 37.5 Å². The van der Waals surface area contributed by atoms with E-state index in [1.54, 1.807) is 0 Å². The number of unbranched alkanes of at least 4 members (excludes halogenated alkanes) is 4. The van der Waals surface area contributed by atoms with E-state index in [2.05, 4.69) is 10.3 Å². The molecule has 0 saturated heterocycles. The van der Waals surface area contributed by atoms with E-state index in [0.29, 0.717) is 12.2 Å². The number of aromatic nitrogens is 1. The van der Waals surface area contributed by atoms with Gasteiger partial charge in [-0.2, -0.15) is 0 Å². The van der Waals surface area contributed by atoms with Crippen LogP contribution in [0.2, 0.25) is 0 Å². The van der Waals surface area contributed by atoms with Gasteiger partial charge in [-0.15, -0.1) is 0 Å². The van der Waals surface area contributed by atoms with Crippen LogP contribution in [0.4, 0.5) is 0 Å². The second-order valence-corrected chi connectivity index (χ2v) is 5.94. The molecule has 0 fully saturated rings. The molecule has 0 spiro atoms. The summed E-state index contributed by atoms with van der Waals surface area (Å²) >= 11 is 0. The Morgan fingerprint density at radius 3 is 2.61 bits per heavy atom. The Hall–Kier alpha value is -2.30. The van der Waals surface area contributed by atoms with Crippen LogP contribution in [0.5, 0.6) is 0 Å². The van der Waals surface area contributed by atoms with E-state index >= 15 is 0 Å². The van der Waals surface area contributed by atoms with E-state index in [4.69, 9.17) is 5.11 Å². The van der Waals surface area contributed by atoms with Crippen molar-refractivity contribution in [2.75, 3.05) is 6.54 Å². The van der Waals surface area contributed by atoms with Crippen molar-refractivity contribution in [3.63, 3.8) is 0 Å². The molecule has 0 bridgehead atoms. The number of amides is 1. The molecule has 2 aromatic rings. The third kappa shape index (κ3) is 5.43. The molecule has 0 aliphatic carbocycles. The summed E-state index contributed by atoms with van der Waals surface area (Å²) in [4.78, 5) is 25.6. The maximum Gasteiger partial charge on any atom is 0.303 e. The number of carbonyl (C=O) groups excluding carboxylic acids is 1. The van der Waals surface area contributed by atoms with Crippen LogP contribution >= 0.6 is 0 Å². The zero-order valence-corrected chi connectivity index (χ0v) is 13.5. The number of benzene rings is 1. The normalized spacial score (nSPS) is 10.8. The van der Waals surface area contributed by atoms with Gasteiger partial charge < -0.3 is 15.4 Å². The number of carbonyl (C=O) groups is 2. The van der Waals surface area contributed by atoms with Crippen LogP contribution in [0.3, 0.4) is 0 Å². The molecule has 5 heteroatoms. The van der Waals surface area contributed by atoms with Crippen LogP contribution in [-0.2, 0) is 4.79 Å². The van der Waals surface area contributed by atoms with Gasteiger partial charge in [0.2, 0.25) is 0 Å². The highest BCUT2D eigenvalue weighted by molar-refractivity contribution is 5.98. The number of aromatic amines is 1. The lowest BCUT2D eigenvalue weighted by atomic mass is 10.1. The summed E-state index contributed by atoms with van der Waals surface area (Å²) in [7, 11) is 0. The Labute approximate surface area is 136 Å². The van der Waals surface area contributed by atoms with Gasteiger partial charge in [-0.3, -0.25) is 9.59 Å². The lowest BCUT2D eigenvalue weighted by molar-refractivity contribution is -0.137. The topological polar surface area (TPSA) is 82.2 Å². The van der Waals surface area contributed by atoms with Crippen LogP contribution in [0.25, 0.3) is 10.9 Å². The standard InChI is InChI=1S/C18H24N2O3/c1-13-8-9-14-12-16(20-15(14)11-13)18(23)19-10-6-4-2-3-5-7-17(21)22/h8-9,11-12,20H,2-7,10H2,1H3,(H,19,23)(H,21,22). The maximum absolute atomic E-state index is 12.1. The average Bonchev–Trinajstić information content (AvgIpc) is 2.92. The third-order valence-electron chi connectivity index (χ3n) is 3.88. The van der Waals surface area contributed by atoms with Crippen molar-refractivity contribution < 1.29 is 14.7 Å². The van der Waals surface area contributed by atoms with Crippen molar-refractivity contribution in [3.8, 4) is 0 Å². The molecule has 0 unspecified atom stereocenters. The molecular formula is C18H24N2O3. The lowest BCUT2D eigenvalue weighted by Gasteiger charge is -2.03. The monoisotopic (exact) mass is 316 g/mol. The molecule has 0 saturated carbocycles. The quantitative estimate of drug-likeness (QED) is 0.618. The summed E-state index contributed by atoms with van der Waals surface area (Å²) in [6, 6.07) is 7.94. The fourth-order valence-corrected chi connectivity index (χ4v) is 2.59. The van der Waals surface area contributed by atoms with E-state index in [1.165, 1.54) is 0 Å². The lowest BCUT2D eigenvalue weighted by Crippen LogP contribution is -2.24. The SMILES string of the molecule is Cc1ccc2cc(C(=O)NCCCCCCCC(=O)O)[nH]c2c1. The molecular weight excluding hydrogens is 292 g/mol. The Balaban J connectivity index is 1.67. The van der Waals surface area contributed by atoms with Gasteiger partial charge in [0.05, 0.1) is 0 Å². The Kier molecular flexibility index (Phi) is 6.20. The second kappa shape index (κ2) is 8.36. The van der Waals surface area contributed by atoms with Crippen molar-refractivity contribution in [1.29, 1.82) is 0 Å². The fraction of sp³-hybridized carbons (Fsp3) is 0.444. The molecule has 2 rings (SSSR count). The van der Waals surface area contributed by atoms with Crippen molar-refractivity contribution >= 4 is 22.8 Å².